The van der Waals surface area contributed by atoms with Crippen LogP contribution in [0, 0.1) is 0 Å². The average Bonchev–Trinajstić information content (AvgIpc) is 2.44. The van der Waals surface area contributed by atoms with Crippen LogP contribution in [0.1, 0.15) is 35.7 Å². The molecule has 0 saturated carbocycles. The molecule has 5 heteroatoms. The number of aromatic carboxylic acids is 1. The molecule has 22 heavy (non-hydrogen) atoms. The first-order valence-corrected chi connectivity index (χ1v) is 7.36. The van der Waals surface area contributed by atoms with Crippen molar-refractivity contribution in [1.29, 1.82) is 0 Å². The third-order valence-corrected chi connectivity index (χ3v) is 3.75. The third-order valence-electron chi connectivity index (χ3n) is 3.75. The maximum atomic E-state index is 12.3. The van der Waals surface area contributed by atoms with Crippen molar-refractivity contribution in [3.63, 3.8) is 0 Å². The Morgan fingerprint density at radius 3 is 2.50 bits per heavy atom. The van der Waals surface area contributed by atoms with E-state index in [0.717, 1.165) is 23.0 Å². The van der Waals surface area contributed by atoms with E-state index in [1.807, 2.05) is 32.8 Å². The summed E-state index contributed by atoms with van der Waals surface area (Å²) in [5.74, 6) is -0.816. The fourth-order valence-corrected chi connectivity index (χ4v) is 2.57. The summed E-state index contributed by atoms with van der Waals surface area (Å²) < 4.78 is 1.75. The number of nitrogens with zero attached hydrogens (tertiary/aromatic N) is 2. The molecule has 0 aliphatic carbocycles. The largest absolute Gasteiger partial charge is 0.478 e. The Bertz CT molecular complexity index is 760. The van der Waals surface area contributed by atoms with Gasteiger partial charge in [-0.25, -0.2) is 4.79 Å². The number of carboxylic acid groups (broad SMARTS) is 1. The van der Waals surface area contributed by atoms with Gasteiger partial charge < -0.3 is 14.6 Å². The van der Waals surface area contributed by atoms with Gasteiger partial charge in [0.05, 0.1) is 11.1 Å². The van der Waals surface area contributed by atoms with E-state index in [1.54, 1.807) is 22.8 Å². The number of pyridine rings is 1. The summed E-state index contributed by atoms with van der Waals surface area (Å²) in [6.07, 6.45) is 0. The standard InChI is InChI=1S/C17H22N2O3/c1-11(2)14-10-13(17(21)22)9-12-5-6-15(20)19(16(12)14)8-7-18(3)4/h5-6,9-11H,7-8H2,1-4H3,(H,21,22). The van der Waals surface area contributed by atoms with E-state index in [4.69, 9.17) is 0 Å². The lowest BCUT2D eigenvalue weighted by atomic mass is 9.96. The van der Waals surface area contributed by atoms with Gasteiger partial charge in [-0.15, -0.1) is 0 Å². The topological polar surface area (TPSA) is 62.5 Å². The van der Waals surface area contributed by atoms with Crippen LogP contribution in [0.15, 0.2) is 29.1 Å². The van der Waals surface area contributed by atoms with Gasteiger partial charge in [0.25, 0.3) is 5.56 Å². The Labute approximate surface area is 129 Å². The summed E-state index contributed by atoms with van der Waals surface area (Å²) >= 11 is 0. The van der Waals surface area contributed by atoms with E-state index in [1.165, 1.54) is 6.07 Å². The lowest BCUT2D eigenvalue weighted by Gasteiger charge is -2.18. The van der Waals surface area contributed by atoms with Crippen molar-refractivity contribution in [1.82, 2.24) is 9.47 Å². The number of carbonyl (C=O) groups is 1. The summed E-state index contributed by atoms with van der Waals surface area (Å²) in [7, 11) is 3.92. The van der Waals surface area contributed by atoms with Crippen LogP contribution < -0.4 is 5.56 Å². The first kappa shape index (κ1) is 16.2. The molecule has 0 atom stereocenters. The molecule has 5 nitrogen and oxygen atoms in total. The van der Waals surface area contributed by atoms with Crippen molar-refractivity contribution in [2.24, 2.45) is 0 Å². The van der Waals surface area contributed by atoms with Gasteiger partial charge in [-0.3, -0.25) is 4.79 Å². The fourth-order valence-electron chi connectivity index (χ4n) is 2.57. The number of hydrogen-bond acceptors (Lipinski definition) is 3. The second kappa shape index (κ2) is 6.32. The summed E-state index contributed by atoms with van der Waals surface area (Å²) in [5, 5.41) is 10.1. The van der Waals surface area contributed by atoms with Crippen LogP contribution in [0.4, 0.5) is 0 Å². The Morgan fingerprint density at radius 1 is 1.27 bits per heavy atom. The number of fused-ring (bicyclic) bond motifs is 1. The highest BCUT2D eigenvalue weighted by Crippen LogP contribution is 2.26. The van der Waals surface area contributed by atoms with Crippen LogP contribution in [0.3, 0.4) is 0 Å². The van der Waals surface area contributed by atoms with Crippen LogP contribution in [-0.4, -0.2) is 41.2 Å². The smallest absolute Gasteiger partial charge is 0.335 e. The Balaban J connectivity index is 2.76. The van der Waals surface area contributed by atoms with Crippen molar-refractivity contribution in [2.75, 3.05) is 20.6 Å². The van der Waals surface area contributed by atoms with Crippen LogP contribution in [0.25, 0.3) is 10.9 Å². The lowest BCUT2D eigenvalue weighted by molar-refractivity contribution is 0.0697. The minimum atomic E-state index is -0.949. The molecule has 0 amide bonds. The number of carboxylic acids is 1. The van der Waals surface area contributed by atoms with Crippen molar-refractivity contribution in [3.8, 4) is 0 Å². The zero-order chi connectivity index (χ0) is 16.4. The van der Waals surface area contributed by atoms with Crippen LogP contribution in [-0.2, 0) is 6.54 Å². The van der Waals surface area contributed by atoms with Gasteiger partial charge in [0, 0.05) is 19.2 Å². The molecule has 0 bridgehead atoms. The first-order chi connectivity index (χ1) is 10.3. The zero-order valence-corrected chi connectivity index (χ0v) is 13.5. The second-order valence-corrected chi connectivity index (χ2v) is 6.09. The molecule has 2 aromatic rings. The van der Waals surface area contributed by atoms with E-state index in [2.05, 4.69) is 0 Å². The van der Waals surface area contributed by atoms with E-state index in [9.17, 15) is 14.7 Å². The van der Waals surface area contributed by atoms with E-state index >= 15 is 0 Å². The summed E-state index contributed by atoms with van der Waals surface area (Å²) in [6, 6.07) is 6.53. The van der Waals surface area contributed by atoms with Gasteiger partial charge in [0.1, 0.15) is 0 Å². The number of likely N-dealkylation sites (N-methyl/N-ethyl adjacent to an activating group) is 1. The lowest BCUT2D eigenvalue weighted by Crippen LogP contribution is -2.27. The van der Waals surface area contributed by atoms with Crippen LogP contribution in [0.5, 0.6) is 0 Å². The Morgan fingerprint density at radius 2 is 1.95 bits per heavy atom. The molecule has 2 rings (SSSR count). The highest BCUT2D eigenvalue weighted by Gasteiger charge is 2.15. The molecule has 0 saturated heterocycles. The molecule has 0 aliphatic heterocycles. The van der Waals surface area contributed by atoms with E-state index in [-0.39, 0.29) is 17.0 Å². The van der Waals surface area contributed by atoms with Crippen molar-refractivity contribution in [3.05, 3.63) is 45.7 Å². The number of hydrogen-bond donors (Lipinski definition) is 1. The third kappa shape index (κ3) is 3.20. The second-order valence-electron chi connectivity index (χ2n) is 6.09. The van der Waals surface area contributed by atoms with E-state index in [0.29, 0.717) is 6.54 Å². The van der Waals surface area contributed by atoms with E-state index < -0.39 is 5.97 Å². The van der Waals surface area contributed by atoms with Crippen molar-refractivity contribution in [2.45, 2.75) is 26.3 Å². The molecule has 0 spiro atoms. The minimum Gasteiger partial charge on any atom is -0.478 e. The van der Waals surface area contributed by atoms with Gasteiger partial charge >= 0.3 is 5.97 Å². The minimum absolute atomic E-state index is 0.0562. The number of benzene rings is 1. The van der Waals surface area contributed by atoms with Crippen molar-refractivity contribution >= 4 is 16.9 Å². The molecule has 0 fully saturated rings. The van der Waals surface area contributed by atoms with Crippen LogP contribution >= 0.6 is 0 Å². The highest BCUT2D eigenvalue weighted by molar-refractivity contribution is 5.95. The zero-order valence-electron chi connectivity index (χ0n) is 13.5. The summed E-state index contributed by atoms with van der Waals surface area (Å²) in [4.78, 5) is 25.6. The van der Waals surface area contributed by atoms with Gasteiger partial charge in [-0.1, -0.05) is 13.8 Å². The van der Waals surface area contributed by atoms with Gasteiger partial charge in [0.15, 0.2) is 0 Å². The molecular weight excluding hydrogens is 280 g/mol. The molecule has 0 unspecified atom stereocenters. The maximum Gasteiger partial charge on any atom is 0.335 e. The summed E-state index contributed by atoms with van der Waals surface area (Å²) in [5.41, 5.74) is 1.94. The molecule has 0 aliphatic rings. The average molecular weight is 302 g/mol. The molecule has 1 N–H and O–H groups in total. The Hall–Kier alpha value is -2.14. The summed E-state index contributed by atoms with van der Waals surface area (Å²) in [6.45, 7) is 5.34. The van der Waals surface area contributed by atoms with Crippen LogP contribution in [0.2, 0.25) is 0 Å². The SMILES string of the molecule is CC(C)c1cc(C(=O)O)cc2ccc(=O)n(CCN(C)C)c12. The molecule has 118 valence electrons. The molecule has 0 radical (unpaired) electrons. The van der Waals surface area contributed by atoms with Gasteiger partial charge in [-0.2, -0.15) is 0 Å². The maximum absolute atomic E-state index is 12.3. The normalized spacial score (nSPS) is 11.5. The molecule has 1 aromatic carbocycles. The predicted octanol–water partition coefficient (Wildman–Crippen LogP) is 2.38. The molecular formula is C17H22N2O3. The molecule has 1 heterocycles. The van der Waals surface area contributed by atoms with Gasteiger partial charge in [0.2, 0.25) is 0 Å². The highest BCUT2D eigenvalue weighted by atomic mass is 16.4. The van der Waals surface area contributed by atoms with Gasteiger partial charge in [-0.05, 0) is 49.2 Å². The predicted molar refractivity (Wildman–Crippen MR) is 87.8 cm³/mol. The number of aromatic nitrogens is 1. The number of rotatable bonds is 5. The first-order valence-electron chi connectivity index (χ1n) is 7.36. The molecule has 1 aromatic heterocycles. The van der Waals surface area contributed by atoms with Crippen molar-refractivity contribution < 1.29 is 9.90 Å². The monoisotopic (exact) mass is 302 g/mol. The quantitative estimate of drug-likeness (QED) is 0.921. The Kier molecular flexibility index (Phi) is 4.66. The fraction of sp³-hybridized carbons (Fsp3) is 0.412.